The Bertz CT molecular complexity index is 685. The van der Waals surface area contributed by atoms with Crippen molar-refractivity contribution in [3.05, 3.63) is 41.8 Å². The van der Waals surface area contributed by atoms with Gasteiger partial charge in [-0.3, -0.25) is 4.90 Å². The first-order chi connectivity index (χ1) is 11.7. The zero-order chi connectivity index (χ0) is 16.9. The summed E-state index contributed by atoms with van der Waals surface area (Å²) in [6, 6.07) is 5.67. The van der Waals surface area contributed by atoms with Gasteiger partial charge in [0.15, 0.2) is 5.76 Å². The van der Waals surface area contributed by atoms with Gasteiger partial charge in [0.2, 0.25) is 0 Å². The zero-order valence-corrected chi connectivity index (χ0v) is 14.2. The van der Waals surface area contributed by atoms with Crippen LogP contribution in [-0.2, 0) is 6.54 Å². The van der Waals surface area contributed by atoms with Gasteiger partial charge in [-0.15, -0.1) is 0 Å². The summed E-state index contributed by atoms with van der Waals surface area (Å²) in [6.07, 6.45) is 4.80. The molecule has 0 radical (unpaired) electrons. The highest BCUT2D eigenvalue weighted by Crippen LogP contribution is 2.40. The molecule has 0 fully saturated rings. The normalized spacial score (nSPS) is 15.0. The second-order valence-electron chi connectivity index (χ2n) is 5.60. The quantitative estimate of drug-likeness (QED) is 0.811. The predicted molar refractivity (Wildman–Crippen MR) is 90.5 cm³/mol. The molecule has 1 aliphatic rings. The monoisotopic (exact) mass is 330 g/mol. The molecule has 0 saturated heterocycles. The van der Waals surface area contributed by atoms with Crippen LogP contribution in [0.2, 0.25) is 0 Å². The van der Waals surface area contributed by atoms with E-state index >= 15 is 0 Å². The average Bonchev–Trinajstić information content (AvgIpc) is 3.14. The van der Waals surface area contributed by atoms with Gasteiger partial charge in [0.1, 0.15) is 17.2 Å². The van der Waals surface area contributed by atoms with Crippen LogP contribution in [0, 0.1) is 0 Å². The molecule has 0 bridgehead atoms. The summed E-state index contributed by atoms with van der Waals surface area (Å²) in [7, 11) is 4.96. The van der Waals surface area contributed by atoms with Crippen LogP contribution < -0.4 is 14.2 Å². The Morgan fingerprint density at radius 1 is 1.12 bits per heavy atom. The van der Waals surface area contributed by atoms with Crippen molar-refractivity contribution in [2.45, 2.75) is 13.0 Å². The van der Waals surface area contributed by atoms with E-state index in [4.69, 9.17) is 18.7 Å². The molecule has 0 unspecified atom stereocenters. The molecule has 0 spiro atoms. The third-order valence-corrected chi connectivity index (χ3v) is 4.20. The van der Waals surface area contributed by atoms with Crippen LogP contribution in [0.5, 0.6) is 17.2 Å². The molecule has 6 heteroatoms. The van der Waals surface area contributed by atoms with Crippen molar-refractivity contribution in [3.63, 3.8) is 0 Å². The maximum atomic E-state index is 5.56. The summed E-state index contributed by atoms with van der Waals surface area (Å²) in [5, 5.41) is 3.75. The van der Waals surface area contributed by atoms with Crippen LogP contribution in [0.1, 0.15) is 17.7 Å². The van der Waals surface area contributed by atoms with Crippen molar-refractivity contribution < 1.29 is 18.7 Å². The van der Waals surface area contributed by atoms with Crippen molar-refractivity contribution in [1.29, 1.82) is 0 Å². The van der Waals surface area contributed by atoms with Gasteiger partial charge >= 0.3 is 0 Å². The van der Waals surface area contributed by atoms with E-state index in [-0.39, 0.29) is 0 Å². The molecule has 0 N–H and O–H groups in total. The van der Waals surface area contributed by atoms with Crippen LogP contribution in [0.25, 0.3) is 5.57 Å². The van der Waals surface area contributed by atoms with E-state index < -0.39 is 0 Å². The molecule has 2 heterocycles. The summed E-state index contributed by atoms with van der Waals surface area (Å²) in [6.45, 7) is 2.54. The molecule has 2 aromatic rings. The largest absolute Gasteiger partial charge is 0.496 e. The van der Waals surface area contributed by atoms with Crippen LogP contribution in [-0.4, -0.2) is 44.5 Å². The molecule has 1 aromatic carbocycles. The fourth-order valence-corrected chi connectivity index (χ4v) is 2.95. The number of rotatable bonds is 6. The highest BCUT2D eigenvalue weighted by atomic mass is 16.5. The molecule has 0 aliphatic carbocycles. The Balaban J connectivity index is 1.83. The SMILES string of the molecule is COc1cc(OC)c(C2=CCN(Cc3ccno3)CC2)c(OC)c1. The molecule has 128 valence electrons. The molecular weight excluding hydrogens is 308 g/mol. The van der Waals surface area contributed by atoms with Gasteiger partial charge in [-0.2, -0.15) is 0 Å². The molecule has 3 rings (SSSR count). The highest BCUT2D eigenvalue weighted by Gasteiger charge is 2.21. The number of aromatic nitrogens is 1. The Kier molecular flexibility index (Phi) is 5.05. The van der Waals surface area contributed by atoms with Crippen molar-refractivity contribution in [2.24, 2.45) is 0 Å². The first-order valence-corrected chi connectivity index (χ1v) is 7.86. The molecule has 6 nitrogen and oxygen atoms in total. The first-order valence-electron chi connectivity index (χ1n) is 7.86. The van der Waals surface area contributed by atoms with Gasteiger partial charge in [0.25, 0.3) is 0 Å². The Morgan fingerprint density at radius 2 is 1.88 bits per heavy atom. The standard InChI is InChI=1S/C18H22N2O4/c1-21-15-10-16(22-2)18(17(11-15)23-3)13-5-8-20(9-6-13)12-14-4-7-19-24-14/h4-5,7,10-11H,6,8-9,12H2,1-3H3. The second kappa shape index (κ2) is 7.40. The van der Waals surface area contributed by atoms with E-state index in [1.165, 1.54) is 5.57 Å². The minimum absolute atomic E-state index is 0.718. The Hall–Kier alpha value is -2.47. The number of methoxy groups -OCH3 is 3. The van der Waals surface area contributed by atoms with E-state index in [0.717, 1.165) is 54.6 Å². The molecular formula is C18H22N2O4. The molecule has 24 heavy (non-hydrogen) atoms. The fourth-order valence-electron chi connectivity index (χ4n) is 2.95. The average molecular weight is 330 g/mol. The van der Waals surface area contributed by atoms with E-state index in [9.17, 15) is 0 Å². The molecule has 0 atom stereocenters. The van der Waals surface area contributed by atoms with Crippen LogP contribution in [0.15, 0.2) is 35.0 Å². The Labute approximate surface area is 141 Å². The summed E-state index contributed by atoms with van der Waals surface area (Å²) in [4.78, 5) is 2.31. The number of ether oxygens (including phenoxy) is 3. The van der Waals surface area contributed by atoms with Crippen molar-refractivity contribution >= 4 is 5.57 Å². The molecule has 1 aliphatic heterocycles. The van der Waals surface area contributed by atoms with Gasteiger partial charge in [-0.05, 0) is 12.0 Å². The van der Waals surface area contributed by atoms with Crippen molar-refractivity contribution in [3.8, 4) is 17.2 Å². The van der Waals surface area contributed by atoms with Gasteiger partial charge in [0, 0.05) is 31.3 Å². The van der Waals surface area contributed by atoms with E-state index in [2.05, 4.69) is 16.1 Å². The summed E-state index contributed by atoms with van der Waals surface area (Å²) < 4.78 is 21.6. The highest BCUT2D eigenvalue weighted by molar-refractivity contribution is 5.77. The molecule has 1 aromatic heterocycles. The smallest absolute Gasteiger partial charge is 0.150 e. The second-order valence-corrected chi connectivity index (χ2v) is 5.60. The zero-order valence-electron chi connectivity index (χ0n) is 14.2. The summed E-state index contributed by atoms with van der Waals surface area (Å²) in [5.74, 6) is 3.13. The number of hydrogen-bond donors (Lipinski definition) is 0. The number of nitrogens with zero attached hydrogens (tertiary/aromatic N) is 2. The van der Waals surface area contributed by atoms with Crippen LogP contribution >= 0.6 is 0 Å². The maximum absolute atomic E-state index is 5.56. The van der Waals surface area contributed by atoms with Crippen LogP contribution in [0.4, 0.5) is 0 Å². The van der Waals surface area contributed by atoms with Crippen LogP contribution in [0.3, 0.4) is 0 Å². The summed E-state index contributed by atoms with van der Waals surface area (Å²) in [5.41, 5.74) is 2.22. The topological polar surface area (TPSA) is 57.0 Å². The lowest BCUT2D eigenvalue weighted by Gasteiger charge is -2.27. The molecule has 0 saturated carbocycles. The van der Waals surface area contributed by atoms with Gasteiger partial charge < -0.3 is 18.7 Å². The van der Waals surface area contributed by atoms with Crippen molar-refractivity contribution in [1.82, 2.24) is 10.1 Å². The van der Waals surface area contributed by atoms with E-state index in [1.54, 1.807) is 27.5 Å². The fraction of sp³-hybridized carbons (Fsp3) is 0.389. The minimum Gasteiger partial charge on any atom is -0.496 e. The van der Waals surface area contributed by atoms with E-state index in [0.29, 0.717) is 0 Å². The van der Waals surface area contributed by atoms with Crippen molar-refractivity contribution in [2.75, 3.05) is 34.4 Å². The minimum atomic E-state index is 0.718. The Morgan fingerprint density at radius 3 is 2.38 bits per heavy atom. The number of hydrogen-bond acceptors (Lipinski definition) is 6. The maximum Gasteiger partial charge on any atom is 0.150 e. The van der Waals surface area contributed by atoms with Gasteiger partial charge in [0.05, 0.1) is 39.6 Å². The lowest BCUT2D eigenvalue weighted by atomic mass is 9.97. The lowest BCUT2D eigenvalue weighted by Crippen LogP contribution is -2.28. The summed E-state index contributed by atoms with van der Waals surface area (Å²) >= 11 is 0. The van der Waals surface area contributed by atoms with Gasteiger partial charge in [-0.25, -0.2) is 0 Å². The molecule has 0 amide bonds. The van der Waals surface area contributed by atoms with E-state index in [1.807, 2.05) is 18.2 Å². The lowest BCUT2D eigenvalue weighted by molar-refractivity contribution is 0.250. The third-order valence-electron chi connectivity index (χ3n) is 4.20. The predicted octanol–water partition coefficient (Wildman–Crippen LogP) is 2.99. The third kappa shape index (κ3) is 3.38. The number of benzene rings is 1. The first kappa shape index (κ1) is 16.4. The van der Waals surface area contributed by atoms with Gasteiger partial charge in [-0.1, -0.05) is 11.2 Å².